The molecule has 7 nitrogen and oxygen atoms in total. The van der Waals surface area contributed by atoms with E-state index in [1.54, 1.807) is 35.2 Å². The van der Waals surface area contributed by atoms with Gasteiger partial charge < -0.3 is 14.6 Å². The highest BCUT2D eigenvalue weighted by Gasteiger charge is 2.13. The predicted molar refractivity (Wildman–Crippen MR) is 94.8 cm³/mol. The number of anilines is 1. The van der Waals surface area contributed by atoms with Crippen LogP contribution in [0.5, 0.6) is 0 Å². The van der Waals surface area contributed by atoms with Crippen molar-refractivity contribution in [3.63, 3.8) is 0 Å². The Balaban J connectivity index is 1.80. The average molecular weight is 338 g/mol. The Morgan fingerprint density at radius 3 is 2.72 bits per heavy atom. The van der Waals surface area contributed by atoms with Crippen LogP contribution in [-0.4, -0.2) is 30.0 Å². The van der Waals surface area contributed by atoms with Crippen molar-refractivity contribution < 1.29 is 9.21 Å². The normalized spacial score (nSPS) is 10.7. The summed E-state index contributed by atoms with van der Waals surface area (Å²) in [5, 5.41) is 3.17. The van der Waals surface area contributed by atoms with Crippen molar-refractivity contribution in [3.05, 3.63) is 63.8 Å². The number of para-hydroxylation sites is 1. The summed E-state index contributed by atoms with van der Waals surface area (Å²) >= 11 is 0. The molecule has 7 heteroatoms. The van der Waals surface area contributed by atoms with Crippen LogP contribution in [-0.2, 0) is 6.54 Å². The van der Waals surface area contributed by atoms with Crippen LogP contribution < -0.4 is 15.6 Å². The largest absolute Gasteiger partial charge is 0.451 e. The van der Waals surface area contributed by atoms with E-state index in [4.69, 9.17) is 4.42 Å². The van der Waals surface area contributed by atoms with Gasteiger partial charge in [-0.1, -0.05) is 12.1 Å². The standard InChI is InChI=1S/C18H18N4O3/c1-11-8-12(21-18(20-11)22(2)3)10-19-17(24)16-9-14(23)13-6-4-5-7-15(13)25-16/h4-9H,10H2,1-3H3,(H,19,24). The van der Waals surface area contributed by atoms with E-state index in [1.165, 1.54) is 6.07 Å². The molecule has 0 bridgehead atoms. The first-order chi connectivity index (χ1) is 11.9. The molecule has 0 unspecified atom stereocenters. The van der Waals surface area contributed by atoms with Gasteiger partial charge in [-0.3, -0.25) is 9.59 Å². The SMILES string of the molecule is Cc1cc(CNC(=O)c2cc(=O)c3ccccc3o2)nc(N(C)C)n1. The van der Waals surface area contributed by atoms with Crippen molar-refractivity contribution >= 4 is 22.8 Å². The molecule has 0 aliphatic carbocycles. The van der Waals surface area contributed by atoms with Gasteiger partial charge in [-0.05, 0) is 25.1 Å². The molecule has 2 heterocycles. The lowest BCUT2D eigenvalue weighted by Gasteiger charge is -2.12. The Morgan fingerprint density at radius 2 is 1.96 bits per heavy atom. The minimum Gasteiger partial charge on any atom is -0.451 e. The molecule has 25 heavy (non-hydrogen) atoms. The molecule has 2 aromatic heterocycles. The van der Waals surface area contributed by atoms with Gasteiger partial charge in [0.25, 0.3) is 5.91 Å². The first kappa shape index (κ1) is 16.6. The third kappa shape index (κ3) is 3.65. The maximum atomic E-state index is 12.3. The zero-order valence-electron chi connectivity index (χ0n) is 14.2. The Hall–Kier alpha value is -3.22. The summed E-state index contributed by atoms with van der Waals surface area (Å²) in [5.74, 6) is 0.0781. The summed E-state index contributed by atoms with van der Waals surface area (Å²) in [5.41, 5.74) is 1.61. The number of fused-ring (bicyclic) bond motifs is 1. The maximum absolute atomic E-state index is 12.3. The third-order valence-corrected chi connectivity index (χ3v) is 3.58. The predicted octanol–water partition coefficient (Wildman–Crippen LogP) is 1.89. The third-order valence-electron chi connectivity index (χ3n) is 3.58. The van der Waals surface area contributed by atoms with E-state index in [1.807, 2.05) is 21.0 Å². The lowest BCUT2D eigenvalue weighted by Crippen LogP contribution is -2.25. The van der Waals surface area contributed by atoms with Crippen LogP contribution in [0.1, 0.15) is 21.9 Å². The summed E-state index contributed by atoms with van der Waals surface area (Å²) in [6.45, 7) is 2.07. The van der Waals surface area contributed by atoms with E-state index in [0.717, 1.165) is 5.69 Å². The number of benzene rings is 1. The van der Waals surface area contributed by atoms with Gasteiger partial charge >= 0.3 is 0 Å². The summed E-state index contributed by atoms with van der Waals surface area (Å²) < 4.78 is 5.53. The molecular weight excluding hydrogens is 320 g/mol. The Labute approximate surface area is 144 Å². The second-order valence-corrected chi connectivity index (χ2v) is 5.85. The van der Waals surface area contributed by atoms with Crippen molar-refractivity contribution in [3.8, 4) is 0 Å². The van der Waals surface area contributed by atoms with Crippen molar-refractivity contribution in [2.24, 2.45) is 0 Å². The molecule has 128 valence electrons. The molecule has 1 amide bonds. The van der Waals surface area contributed by atoms with Gasteiger partial charge in [0, 0.05) is 25.9 Å². The van der Waals surface area contributed by atoms with E-state index in [0.29, 0.717) is 22.6 Å². The van der Waals surface area contributed by atoms with Crippen molar-refractivity contribution in [1.82, 2.24) is 15.3 Å². The van der Waals surface area contributed by atoms with Gasteiger partial charge in [0.1, 0.15) is 5.58 Å². The average Bonchev–Trinajstić information content (AvgIpc) is 2.59. The molecule has 0 saturated carbocycles. The second kappa shape index (κ2) is 6.72. The van der Waals surface area contributed by atoms with Crippen LogP contribution in [0.25, 0.3) is 11.0 Å². The highest BCUT2D eigenvalue weighted by atomic mass is 16.3. The highest BCUT2D eigenvalue weighted by molar-refractivity contribution is 5.93. The summed E-state index contributed by atoms with van der Waals surface area (Å²) in [7, 11) is 3.70. The fraction of sp³-hybridized carbons (Fsp3) is 0.222. The zero-order chi connectivity index (χ0) is 18.0. The van der Waals surface area contributed by atoms with E-state index in [-0.39, 0.29) is 17.7 Å². The number of aryl methyl sites for hydroxylation is 1. The summed E-state index contributed by atoms with van der Waals surface area (Å²) in [6.07, 6.45) is 0. The fourth-order valence-corrected chi connectivity index (χ4v) is 2.38. The number of hydrogen-bond acceptors (Lipinski definition) is 6. The van der Waals surface area contributed by atoms with Crippen LogP contribution in [0.15, 0.2) is 45.6 Å². The van der Waals surface area contributed by atoms with Crippen LogP contribution in [0, 0.1) is 6.92 Å². The van der Waals surface area contributed by atoms with Crippen LogP contribution >= 0.6 is 0 Å². The molecule has 0 atom stereocenters. The number of hydrogen-bond donors (Lipinski definition) is 1. The lowest BCUT2D eigenvalue weighted by molar-refractivity contribution is 0.0923. The minimum absolute atomic E-state index is 0.0256. The number of nitrogens with one attached hydrogen (secondary N) is 1. The molecule has 0 spiro atoms. The first-order valence-corrected chi connectivity index (χ1v) is 7.77. The van der Waals surface area contributed by atoms with Crippen LogP contribution in [0.2, 0.25) is 0 Å². The summed E-state index contributed by atoms with van der Waals surface area (Å²) in [4.78, 5) is 34.9. The molecule has 0 radical (unpaired) electrons. The molecule has 3 aromatic rings. The van der Waals surface area contributed by atoms with Gasteiger partial charge in [0.2, 0.25) is 5.95 Å². The Kier molecular flexibility index (Phi) is 4.47. The van der Waals surface area contributed by atoms with Gasteiger partial charge in [0.05, 0.1) is 17.6 Å². The topological polar surface area (TPSA) is 88.3 Å². The van der Waals surface area contributed by atoms with E-state index in [9.17, 15) is 9.59 Å². The second-order valence-electron chi connectivity index (χ2n) is 5.85. The number of aromatic nitrogens is 2. The number of amides is 1. The molecule has 0 fully saturated rings. The molecule has 1 N–H and O–H groups in total. The smallest absolute Gasteiger partial charge is 0.287 e. The Bertz CT molecular complexity index is 995. The summed E-state index contributed by atoms with van der Waals surface area (Å²) in [6, 6.07) is 9.82. The number of carbonyl (C=O) groups excluding carboxylic acids is 1. The van der Waals surface area contributed by atoms with Gasteiger partial charge in [0.15, 0.2) is 11.2 Å². The molecule has 0 saturated heterocycles. The number of nitrogens with zero attached hydrogens (tertiary/aromatic N) is 3. The Morgan fingerprint density at radius 1 is 1.20 bits per heavy atom. The van der Waals surface area contributed by atoms with Crippen LogP contribution in [0.4, 0.5) is 5.95 Å². The minimum atomic E-state index is -0.467. The van der Waals surface area contributed by atoms with Crippen molar-refractivity contribution in [2.45, 2.75) is 13.5 Å². The molecular formula is C18H18N4O3. The quantitative estimate of drug-likeness (QED) is 0.781. The van der Waals surface area contributed by atoms with Gasteiger partial charge in [-0.15, -0.1) is 0 Å². The lowest BCUT2D eigenvalue weighted by atomic mass is 10.2. The number of rotatable bonds is 4. The van der Waals surface area contributed by atoms with E-state index < -0.39 is 5.91 Å². The number of carbonyl (C=O) groups is 1. The molecule has 3 rings (SSSR count). The zero-order valence-corrected chi connectivity index (χ0v) is 14.2. The fourth-order valence-electron chi connectivity index (χ4n) is 2.38. The van der Waals surface area contributed by atoms with Crippen molar-refractivity contribution in [1.29, 1.82) is 0 Å². The van der Waals surface area contributed by atoms with E-state index in [2.05, 4.69) is 15.3 Å². The molecule has 0 aliphatic rings. The van der Waals surface area contributed by atoms with Crippen LogP contribution in [0.3, 0.4) is 0 Å². The van der Waals surface area contributed by atoms with Gasteiger partial charge in [-0.2, -0.15) is 0 Å². The molecule has 0 aliphatic heterocycles. The first-order valence-electron chi connectivity index (χ1n) is 7.77. The van der Waals surface area contributed by atoms with Gasteiger partial charge in [-0.25, -0.2) is 9.97 Å². The maximum Gasteiger partial charge on any atom is 0.287 e. The van der Waals surface area contributed by atoms with Crippen molar-refractivity contribution in [2.75, 3.05) is 19.0 Å². The van der Waals surface area contributed by atoms with E-state index >= 15 is 0 Å². The highest BCUT2D eigenvalue weighted by Crippen LogP contribution is 2.12. The molecule has 1 aromatic carbocycles. The monoisotopic (exact) mass is 338 g/mol.